The fraction of sp³-hybridized carbons (Fsp3) is 0.933. The molecule has 1 saturated carbocycles. The minimum absolute atomic E-state index is 0.420. The molecule has 2 aliphatic heterocycles. The van der Waals surface area contributed by atoms with Gasteiger partial charge in [-0.3, -0.25) is 4.79 Å². The standard InChI is InChI=1S/C15H25NO2/c1-11-9-13-3-2-4-14(13)16(11)15(17)10-12-5-7-18-8-6-12/h11-14H,2-10H2,1H3/t11-,13+,14+/m1/s1. The third kappa shape index (κ3) is 2.29. The molecule has 0 aromatic heterocycles. The van der Waals surface area contributed by atoms with Crippen molar-refractivity contribution in [3.8, 4) is 0 Å². The normalized spacial score (nSPS) is 36.9. The highest BCUT2D eigenvalue weighted by molar-refractivity contribution is 5.77. The van der Waals surface area contributed by atoms with E-state index in [1.54, 1.807) is 0 Å². The fourth-order valence-electron chi connectivity index (χ4n) is 4.27. The van der Waals surface area contributed by atoms with Gasteiger partial charge in [0.05, 0.1) is 0 Å². The maximum atomic E-state index is 12.6. The Morgan fingerprint density at radius 3 is 2.78 bits per heavy atom. The molecule has 3 aliphatic rings. The molecule has 2 heterocycles. The number of carbonyl (C=O) groups is 1. The Labute approximate surface area is 110 Å². The van der Waals surface area contributed by atoms with Gasteiger partial charge < -0.3 is 9.64 Å². The van der Waals surface area contributed by atoms with E-state index >= 15 is 0 Å². The van der Waals surface area contributed by atoms with E-state index in [1.807, 2.05) is 0 Å². The van der Waals surface area contributed by atoms with Gasteiger partial charge in [-0.2, -0.15) is 0 Å². The first kappa shape index (κ1) is 12.5. The average Bonchev–Trinajstić information content (AvgIpc) is 2.89. The molecular weight excluding hydrogens is 226 g/mol. The first-order valence-corrected chi connectivity index (χ1v) is 7.64. The van der Waals surface area contributed by atoms with Gasteiger partial charge in [-0.25, -0.2) is 0 Å². The van der Waals surface area contributed by atoms with E-state index in [0.29, 0.717) is 23.9 Å². The van der Waals surface area contributed by atoms with Gasteiger partial charge >= 0.3 is 0 Å². The molecule has 3 fully saturated rings. The van der Waals surface area contributed by atoms with Crippen LogP contribution in [0.25, 0.3) is 0 Å². The number of likely N-dealkylation sites (tertiary alicyclic amines) is 1. The second-order valence-electron chi connectivity index (χ2n) is 6.40. The zero-order valence-electron chi connectivity index (χ0n) is 11.4. The number of carbonyl (C=O) groups excluding carboxylic acids is 1. The number of hydrogen-bond donors (Lipinski definition) is 0. The van der Waals surface area contributed by atoms with Gasteiger partial charge in [0.25, 0.3) is 0 Å². The molecule has 0 N–H and O–H groups in total. The lowest BCUT2D eigenvalue weighted by Gasteiger charge is -2.30. The van der Waals surface area contributed by atoms with Crippen molar-refractivity contribution in [1.29, 1.82) is 0 Å². The maximum absolute atomic E-state index is 12.6. The SMILES string of the molecule is C[C@@H]1C[C@@H]2CCC[C@@H]2N1C(=O)CC1CCOCC1. The third-order valence-corrected chi connectivity index (χ3v) is 5.19. The largest absolute Gasteiger partial charge is 0.381 e. The lowest BCUT2D eigenvalue weighted by Crippen LogP contribution is -2.41. The Balaban J connectivity index is 1.60. The molecule has 1 aliphatic carbocycles. The summed E-state index contributed by atoms with van der Waals surface area (Å²) in [5.41, 5.74) is 0. The minimum Gasteiger partial charge on any atom is -0.381 e. The monoisotopic (exact) mass is 251 g/mol. The van der Waals surface area contributed by atoms with Crippen LogP contribution >= 0.6 is 0 Å². The molecule has 102 valence electrons. The average molecular weight is 251 g/mol. The van der Waals surface area contributed by atoms with E-state index < -0.39 is 0 Å². The van der Waals surface area contributed by atoms with E-state index in [4.69, 9.17) is 4.74 Å². The van der Waals surface area contributed by atoms with E-state index in [0.717, 1.165) is 38.4 Å². The van der Waals surface area contributed by atoms with Gasteiger partial charge in [0.2, 0.25) is 5.91 Å². The van der Waals surface area contributed by atoms with Crippen LogP contribution in [0.15, 0.2) is 0 Å². The number of amides is 1. The maximum Gasteiger partial charge on any atom is 0.223 e. The van der Waals surface area contributed by atoms with Crippen LogP contribution in [0.4, 0.5) is 0 Å². The summed E-state index contributed by atoms with van der Waals surface area (Å²) in [7, 11) is 0. The van der Waals surface area contributed by atoms with Crippen molar-refractivity contribution >= 4 is 5.91 Å². The quantitative estimate of drug-likeness (QED) is 0.755. The van der Waals surface area contributed by atoms with Crippen molar-refractivity contribution in [1.82, 2.24) is 4.90 Å². The van der Waals surface area contributed by atoms with Crippen LogP contribution in [0.3, 0.4) is 0 Å². The smallest absolute Gasteiger partial charge is 0.223 e. The van der Waals surface area contributed by atoms with Crippen LogP contribution in [0.1, 0.15) is 51.9 Å². The first-order chi connectivity index (χ1) is 8.75. The Kier molecular flexibility index (Phi) is 3.60. The van der Waals surface area contributed by atoms with Crippen molar-refractivity contribution in [3.05, 3.63) is 0 Å². The van der Waals surface area contributed by atoms with E-state index in [-0.39, 0.29) is 0 Å². The number of rotatable bonds is 2. The number of nitrogens with zero attached hydrogens (tertiary/aromatic N) is 1. The van der Waals surface area contributed by atoms with Crippen LogP contribution < -0.4 is 0 Å². The molecule has 18 heavy (non-hydrogen) atoms. The van der Waals surface area contributed by atoms with Gasteiger partial charge in [0.1, 0.15) is 0 Å². The van der Waals surface area contributed by atoms with Gasteiger partial charge in [0, 0.05) is 31.7 Å². The third-order valence-electron chi connectivity index (χ3n) is 5.19. The lowest BCUT2D eigenvalue weighted by molar-refractivity contribution is -0.135. The molecule has 3 heteroatoms. The van der Waals surface area contributed by atoms with Gasteiger partial charge in [0.15, 0.2) is 0 Å². The van der Waals surface area contributed by atoms with Crippen LogP contribution in [0.2, 0.25) is 0 Å². The predicted octanol–water partition coefficient (Wildman–Crippen LogP) is 2.59. The van der Waals surface area contributed by atoms with E-state index in [2.05, 4.69) is 11.8 Å². The Bertz CT molecular complexity index is 312. The van der Waals surface area contributed by atoms with Gasteiger partial charge in [-0.05, 0) is 50.9 Å². The number of fused-ring (bicyclic) bond motifs is 1. The Hall–Kier alpha value is -0.570. The molecule has 0 spiro atoms. The summed E-state index contributed by atoms with van der Waals surface area (Å²) >= 11 is 0. The lowest BCUT2D eigenvalue weighted by atomic mass is 9.95. The van der Waals surface area contributed by atoms with Crippen molar-refractivity contribution in [3.63, 3.8) is 0 Å². The second-order valence-corrected chi connectivity index (χ2v) is 6.40. The Morgan fingerprint density at radius 1 is 1.22 bits per heavy atom. The first-order valence-electron chi connectivity index (χ1n) is 7.64. The van der Waals surface area contributed by atoms with Crippen molar-refractivity contribution in [2.24, 2.45) is 11.8 Å². The van der Waals surface area contributed by atoms with Gasteiger partial charge in [-0.1, -0.05) is 6.42 Å². The summed E-state index contributed by atoms with van der Waals surface area (Å²) in [6.07, 6.45) is 8.05. The summed E-state index contributed by atoms with van der Waals surface area (Å²) in [6, 6.07) is 1.06. The zero-order chi connectivity index (χ0) is 12.5. The minimum atomic E-state index is 0.420. The molecule has 3 atom stereocenters. The van der Waals surface area contributed by atoms with E-state index in [1.165, 1.54) is 25.7 Å². The molecule has 3 nitrogen and oxygen atoms in total. The molecule has 0 aromatic rings. The number of ether oxygens (including phenoxy) is 1. The van der Waals surface area contributed by atoms with Crippen LogP contribution in [-0.2, 0) is 9.53 Å². The molecule has 1 amide bonds. The van der Waals surface area contributed by atoms with Crippen molar-refractivity contribution in [2.75, 3.05) is 13.2 Å². The molecule has 0 unspecified atom stereocenters. The van der Waals surface area contributed by atoms with E-state index in [9.17, 15) is 4.79 Å². The summed E-state index contributed by atoms with van der Waals surface area (Å²) < 4.78 is 5.37. The zero-order valence-corrected chi connectivity index (χ0v) is 11.4. The summed E-state index contributed by atoms with van der Waals surface area (Å²) in [5, 5.41) is 0. The van der Waals surface area contributed by atoms with Crippen LogP contribution in [0, 0.1) is 11.8 Å². The van der Waals surface area contributed by atoms with Crippen LogP contribution in [0.5, 0.6) is 0 Å². The molecule has 0 bridgehead atoms. The molecular formula is C15H25NO2. The summed E-state index contributed by atoms with van der Waals surface area (Å²) in [6.45, 7) is 3.93. The predicted molar refractivity (Wildman–Crippen MR) is 70.2 cm³/mol. The molecule has 0 aromatic carbocycles. The Morgan fingerprint density at radius 2 is 2.00 bits per heavy atom. The van der Waals surface area contributed by atoms with Gasteiger partial charge in [-0.15, -0.1) is 0 Å². The van der Waals surface area contributed by atoms with Crippen molar-refractivity contribution in [2.45, 2.75) is 64.0 Å². The highest BCUT2D eigenvalue weighted by Crippen LogP contribution is 2.41. The highest BCUT2D eigenvalue weighted by atomic mass is 16.5. The topological polar surface area (TPSA) is 29.5 Å². The molecule has 3 rings (SSSR count). The summed E-state index contributed by atoms with van der Waals surface area (Å²) in [4.78, 5) is 14.8. The fourth-order valence-corrected chi connectivity index (χ4v) is 4.27. The number of hydrogen-bond acceptors (Lipinski definition) is 2. The van der Waals surface area contributed by atoms with Crippen LogP contribution in [-0.4, -0.2) is 36.1 Å². The highest BCUT2D eigenvalue weighted by Gasteiger charge is 2.43. The summed E-state index contributed by atoms with van der Waals surface area (Å²) in [5.74, 6) is 1.79. The molecule has 2 saturated heterocycles. The molecule has 0 radical (unpaired) electrons. The van der Waals surface area contributed by atoms with Crippen molar-refractivity contribution < 1.29 is 9.53 Å². The second kappa shape index (κ2) is 5.20.